The summed E-state index contributed by atoms with van der Waals surface area (Å²) in [6.07, 6.45) is -9.98. The first-order chi connectivity index (χ1) is 17.8. The van der Waals surface area contributed by atoms with Crippen molar-refractivity contribution in [1.82, 2.24) is 0 Å². The molecule has 2 saturated carbocycles. The fraction of sp³-hybridized carbons (Fsp3) is 0.667. The molecule has 0 amide bonds. The largest absolute Gasteiger partial charge is 0.456 e. The summed E-state index contributed by atoms with van der Waals surface area (Å²) in [4.78, 5) is 39.8. The van der Waals surface area contributed by atoms with Gasteiger partial charge in [-0.3, -0.25) is 4.79 Å². The molecule has 4 saturated heterocycles. The highest BCUT2D eigenvalue weighted by atomic mass is 19.1. The Morgan fingerprint density at radius 3 is 2.37 bits per heavy atom. The van der Waals surface area contributed by atoms with Gasteiger partial charge >= 0.3 is 17.9 Å². The van der Waals surface area contributed by atoms with Gasteiger partial charge in [0.1, 0.15) is 18.4 Å². The summed E-state index contributed by atoms with van der Waals surface area (Å²) in [5, 5.41) is 24.2. The summed E-state index contributed by atoms with van der Waals surface area (Å²) >= 11 is 0. The van der Waals surface area contributed by atoms with Crippen LogP contribution in [0.25, 0.3) is 0 Å². The lowest BCUT2D eigenvalue weighted by Crippen LogP contribution is -2.67. The number of aliphatic hydroxyl groups is 2. The number of carbonyl (C=O) groups is 3. The Hall–Kier alpha value is -2.60. The van der Waals surface area contributed by atoms with Crippen LogP contribution >= 0.6 is 0 Å². The summed E-state index contributed by atoms with van der Waals surface area (Å²) in [6.45, 7) is 6.61. The second-order valence-electron chi connectivity index (χ2n) is 12.5. The van der Waals surface area contributed by atoms with Gasteiger partial charge in [-0.05, 0) is 17.9 Å². The Morgan fingerprint density at radius 1 is 1.03 bits per heavy atom. The minimum absolute atomic E-state index is 0.0549. The van der Waals surface area contributed by atoms with Gasteiger partial charge in [0, 0.05) is 5.92 Å². The molecule has 6 fully saturated rings. The zero-order valence-corrected chi connectivity index (χ0v) is 21.3. The van der Waals surface area contributed by atoms with E-state index in [0.717, 1.165) is 5.56 Å². The predicted molar refractivity (Wildman–Crippen MR) is 121 cm³/mol. The summed E-state index contributed by atoms with van der Waals surface area (Å²) in [5.74, 6) is -5.22. The first-order valence-electron chi connectivity index (χ1n) is 12.8. The fourth-order valence-electron chi connectivity index (χ4n) is 9.12. The average Bonchev–Trinajstić information content (AvgIpc) is 3.55. The summed E-state index contributed by atoms with van der Waals surface area (Å²) in [5.41, 5.74) is -8.86. The molecule has 0 radical (unpaired) electrons. The molecule has 0 aromatic heterocycles. The molecule has 2 aliphatic carbocycles. The van der Waals surface area contributed by atoms with Crippen molar-refractivity contribution in [3.05, 3.63) is 35.9 Å². The Bertz CT molecular complexity index is 1260. The number of ether oxygens (including phenoxy) is 5. The lowest BCUT2D eigenvalue weighted by Gasteiger charge is -2.48. The minimum Gasteiger partial charge on any atom is -0.456 e. The van der Waals surface area contributed by atoms with Crippen LogP contribution in [0.1, 0.15) is 33.3 Å². The molecule has 4 heterocycles. The smallest absolute Gasteiger partial charge is 0.343 e. The molecule has 12 atom stereocenters. The summed E-state index contributed by atoms with van der Waals surface area (Å²) in [7, 11) is 0. The van der Waals surface area contributed by atoms with Crippen molar-refractivity contribution in [2.75, 3.05) is 0 Å². The first kappa shape index (κ1) is 24.4. The van der Waals surface area contributed by atoms with Crippen molar-refractivity contribution in [2.24, 2.45) is 28.1 Å². The van der Waals surface area contributed by atoms with E-state index in [2.05, 4.69) is 0 Å². The van der Waals surface area contributed by atoms with E-state index < -0.39 is 94.1 Å². The molecule has 2 spiro atoms. The van der Waals surface area contributed by atoms with Crippen LogP contribution in [0.5, 0.6) is 0 Å². The molecule has 7 unspecified atom stereocenters. The van der Waals surface area contributed by atoms with Gasteiger partial charge in [-0.2, -0.15) is 0 Å². The zero-order chi connectivity index (χ0) is 27.2. The van der Waals surface area contributed by atoms with Gasteiger partial charge in [0.05, 0.1) is 23.4 Å². The van der Waals surface area contributed by atoms with E-state index in [1.807, 2.05) is 6.07 Å². The fourth-order valence-corrected chi connectivity index (χ4v) is 9.12. The number of benzene rings is 1. The number of carbonyl (C=O) groups excluding carboxylic acids is 3. The lowest BCUT2D eigenvalue weighted by molar-refractivity contribution is -0.240. The van der Waals surface area contributed by atoms with E-state index >= 15 is 4.39 Å². The SMILES string of the molecule is CC1C(=O)O[C@H]2C(O)C34C5OC(=O)[C@@]3(OC3OC(=O)[C@H](OCc6ccccc6)C34C(C(C)(C)C)[C@@H]5F)[C@@]12O. The molecule has 1 aromatic carbocycles. The summed E-state index contributed by atoms with van der Waals surface area (Å²) < 4.78 is 46.0. The van der Waals surface area contributed by atoms with Crippen LogP contribution in [0.3, 0.4) is 0 Å². The normalized spacial score (nSPS) is 51.8. The number of rotatable bonds is 3. The van der Waals surface area contributed by atoms with Crippen molar-refractivity contribution >= 4 is 17.9 Å². The van der Waals surface area contributed by atoms with Crippen molar-refractivity contribution in [3.8, 4) is 0 Å². The maximum Gasteiger partial charge on any atom is 0.343 e. The third kappa shape index (κ3) is 2.13. The van der Waals surface area contributed by atoms with Crippen molar-refractivity contribution in [3.63, 3.8) is 0 Å². The predicted octanol–water partition coefficient (Wildman–Crippen LogP) is 0.803. The molecule has 0 bridgehead atoms. The zero-order valence-electron chi connectivity index (χ0n) is 21.3. The van der Waals surface area contributed by atoms with Crippen LogP contribution in [0.15, 0.2) is 30.3 Å². The average molecular weight is 533 g/mol. The molecule has 2 N–H and O–H groups in total. The quantitative estimate of drug-likeness (QED) is 0.425. The van der Waals surface area contributed by atoms with Crippen LogP contribution in [-0.4, -0.2) is 76.2 Å². The molecule has 10 nitrogen and oxygen atoms in total. The van der Waals surface area contributed by atoms with Crippen LogP contribution < -0.4 is 0 Å². The molecule has 38 heavy (non-hydrogen) atoms. The lowest BCUT2D eigenvalue weighted by atomic mass is 9.51. The standard InChI is InChI=1S/C27H29FO10/c1-11-19(30)35-17-15(29)25-16-13(28)14(23(2,3)4)24(25)18(34-10-12-8-6-5-7-9-12)20(31)37-22(24)38-27(25,21(32)36-16)26(11,17)33/h5-9,11,13-18,22,29,33H,10H2,1-4H3/t11?,13-,14?,15?,16?,17-,18-,22?,24?,25?,26+,27-/m0/s1. The van der Waals surface area contributed by atoms with Gasteiger partial charge in [0.2, 0.25) is 11.9 Å². The molecule has 11 heteroatoms. The van der Waals surface area contributed by atoms with E-state index in [1.165, 1.54) is 6.92 Å². The van der Waals surface area contributed by atoms with Crippen molar-refractivity contribution in [1.29, 1.82) is 0 Å². The maximum atomic E-state index is 16.8. The Labute approximate surface area is 217 Å². The number of alkyl halides is 1. The third-order valence-corrected chi connectivity index (χ3v) is 10.1. The minimum atomic E-state index is -2.44. The molecule has 1 aromatic rings. The highest BCUT2D eigenvalue weighted by Gasteiger charge is 3.05. The van der Waals surface area contributed by atoms with Gasteiger partial charge in [-0.1, -0.05) is 51.1 Å². The van der Waals surface area contributed by atoms with E-state index in [-0.39, 0.29) is 6.61 Å². The third-order valence-electron chi connectivity index (χ3n) is 10.1. The molecule has 4 aliphatic heterocycles. The Kier molecular flexibility index (Phi) is 4.46. The van der Waals surface area contributed by atoms with Crippen LogP contribution in [0.2, 0.25) is 0 Å². The number of halogens is 1. The topological polar surface area (TPSA) is 138 Å². The number of fused-ring (bicyclic) bond motifs is 1. The molecule has 7 rings (SSSR count). The number of aliphatic hydroxyl groups excluding tert-OH is 1. The van der Waals surface area contributed by atoms with E-state index in [9.17, 15) is 24.6 Å². The van der Waals surface area contributed by atoms with Gasteiger partial charge in [0.25, 0.3) is 0 Å². The van der Waals surface area contributed by atoms with Crippen LogP contribution in [0.4, 0.5) is 4.39 Å². The van der Waals surface area contributed by atoms with Crippen molar-refractivity contribution < 1.29 is 52.7 Å². The van der Waals surface area contributed by atoms with Crippen LogP contribution in [-0.2, 0) is 44.7 Å². The van der Waals surface area contributed by atoms with Gasteiger partial charge < -0.3 is 33.9 Å². The second-order valence-corrected chi connectivity index (χ2v) is 12.5. The maximum absolute atomic E-state index is 16.8. The van der Waals surface area contributed by atoms with Crippen LogP contribution in [0, 0.1) is 28.1 Å². The highest BCUT2D eigenvalue weighted by Crippen LogP contribution is 2.85. The Balaban J connectivity index is 1.50. The highest BCUT2D eigenvalue weighted by molar-refractivity contribution is 5.94. The molecular formula is C27H29FO10. The first-order valence-corrected chi connectivity index (χ1v) is 12.8. The van der Waals surface area contributed by atoms with Gasteiger partial charge in [-0.25, -0.2) is 14.0 Å². The van der Waals surface area contributed by atoms with E-state index in [1.54, 1.807) is 45.0 Å². The molecule has 6 aliphatic rings. The number of esters is 3. The molecular weight excluding hydrogens is 503 g/mol. The van der Waals surface area contributed by atoms with Gasteiger partial charge in [-0.15, -0.1) is 0 Å². The number of hydrogen-bond donors (Lipinski definition) is 2. The monoisotopic (exact) mass is 532 g/mol. The Morgan fingerprint density at radius 2 is 1.71 bits per heavy atom. The molecule has 204 valence electrons. The van der Waals surface area contributed by atoms with Gasteiger partial charge in [0.15, 0.2) is 17.8 Å². The van der Waals surface area contributed by atoms with Crippen molar-refractivity contribution in [2.45, 2.75) is 82.4 Å². The number of hydrogen-bond acceptors (Lipinski definition) is 10. The van der Waals surface area contributed by atoms with E-state index in [0.29, 0.717) is 0 Å². The summed E-state index contributed by atoms with van der Waals surface area (Å²) in [6, 6.07) is 9.00. The second kappa shape index (κ2) is 6.93. The van der Waals surface area contributed by atoms with E-state index in [4.69, 9.17) is 23.7 Å².